The van der Waals surface area contributed by atoms with Gasteiger partial charge in [0.25, 0.3) is 0 Å². The molecule has 0 aliphatic heterocycles. The Morgan fingerprint density at radius 1 is 1.07 bits per heavy atom. The number of sulfonamides is 1. The summed E-state index contributed by atoms with van der Waals surface area (Å²) in [5, 5.41) is 0. The van der Waals surface area contributed by atoms with E-state index in [-0.39, 0.29) is 10.8 Å². The summed E-state index contributed by atoms with van der Waals surface area (Å²) in [6, 6.07) is 16.6. The predicted octanol–water partition coefficient (Wildman–Crippen LogP) is 3.09. The summed E-state index contributed by atoms with van der Waals surface area (Å²) in [5.74, 6) is -0.0765. The zero-order valence-electron chi connectivity index (χ0n) is 15.8. The second kappa shape index (κ2) is 10.0. The maximum atomic E-state index is 12.2. The van der Waals surface area contributed by atoms with Gasteiger partial charge in [-0.05, 0) is 42.2 Å². The van der Waals surface area contributed by atoms with Crippen LogP contribution in [0, 0.1) is 0 Å². The molecular formula is C21H26N2O3S. The van der Waals surface area contributed by atoms with Crippen molar-refractivity contribution in [3.63, 3.8) is 0 Å². The molecule has 1 amide bonds. The van der Waals surface area contributed by atoms with Gasteiger partial charge in [-0.3, -0.25) is 4.79 Å². The third kappa shape index (κ3) is 6.66. The molecule has 2 aromatic carbocycles. The monoisotopic (exact) mass is 386 g/mol. The minimum atomic E-state index is -3.45. The number of carbonyl (C=O) groups excluding carboxylic acids is 1. The minimum Gasteiger partial charge on any atom is -0.342 e. The second-order valence-electron chi connectivity index (χ2n) is 6.25. The van der Waals surface area contributed by atoms with Gasteiger partial charge in [0.15, 0.2) is 0 Å². The van der Waals surface area contributed by atoms with E-state index in [1.807, 2.05) is 18.2 Å². The lowest BCUT2D eigenvalue weighted by Gasteiger charge is -2.14. The van der Waals surface area contributed by atoms with Crippen LogP contribution in [0.3, 0.4) is 0 Å². The van der Waals surface area contributed by atoms with E-state index in [4.69, 9.17) is 0 Å². The first-order valence-corrected chi connectivity index (χ1v) is 10.5. The van der Waals surface area contributed by atoms with Crippen LogP contribution in [-0.4, -0.2) is 39.4 Å². The molecule has 0 fully saturated rings. The molecule has 5 nitrogen and oxygen atoms in total. The number of aryl methyl sites for hydroxylation is 1. The minimum absolute atomic E-state index is 0.0765. The molecule has 6 heteroatoms. The standard InChI is InChI=1S/C21H26N2O3S/c1-3-22-27(25,26)20-14-11-19(12-15-20)13-16-21(24)23(2)17-7-10-18-8-5-4-6-9-18/h4-6,8-9,11-16,22H,3,7,10,17H2,1-2H3. The lowest BCUT2D eigenvalue weighted by atomic mass is 10.1. The van der Waals surface area contributed by atoms with Crippen molar-refractivity contribution in [2.24, 2.45) is 0 Å². The number of benzene rings is 2. The van der Waals surface area contributed by atoms with Gasteiger partial charge in [-0.1, -0.05) is 49.4 Å². The molecule has 0 bridgehead atoms. The van der Waals surface area contributed by atoms with E-state index in [0.29, 0.717) is 13.1 Å². The summed E-state index contributed by atoms with van der Waals surface area (Å²) < 4.78 is 26.3. The molecule has 0 spiro atoms. The van der Waals surface area contributed by atoms with Gasteiger partial charge in [0.05, 0.1) is 4.90 Å². The Kier molecular flexibility index (Phi) is 7.76. The topological polar surface area (TPSA) is 66.5 Å². The van der Waals surface area contributed by atoms with Gasteiger partial charge in [0, 0.05) is 26.2 Å². The number of hydrogen-bond acceptors (Lipinski definition) is 3. The zero-order valence-corrected chi connectivity index (χ0v) is 16.6. The van der Waals surface area contributed by atoms with Crippen LogP contribution < -0.4 is 4.72 Å². The highest BCUT2D eigenvalue weighted by molar-refractivity contribution is 7.89. The third-order valence-corrected chi connectivity index (χ3v) is 5.68. The van der Waals surface area contributed by atoms with Crippen LogP contribution in [0.1, 0.15) is 24.5 Å². The van der Waals surface area contributed by atoms with Gasteiger partial charge in [-0.2, -0.15) is 0 Å². The summed E-state index contributed by atoms with van der Waals surface area (Å²) >= 11 is 0. The Labute approximate surface area is 161 Å². The van der Waals surface area contributed by atoms with Gasteiger partial charge in [0.2, 0.25) is 15.9 Å². The average molecular weight is 387 g/mol. The average Bonchev–Trinajstić information content (AvgIpc) is 2.67. The molecule has 0 saturated carbocycles. The predicted molar refractivity (Wildman–Crippen MR) is 109 cm³/mol. The summed E-state index contributed by atoms with van der Waals surface area (Å²) in [6.07, 6.45) is 5.04. The van der Waals surface area contributed by atoms with Crippen LogP contribution in [0.4, 0.5) is 0 Å². The highest BCUT2D eigenvalue weighted by atomic mass is 32.2. The Hall–Kier alpha value is -2.44. The normalized spacial score (nSPS) is 11.6. The number of carbonyl (C=O) groups is 1. The van der Waals surface area contributed by atoms with Gasteiger partial charge in [-0.15, -0.1) is 0 Å². The first-order chi connectivity index (χ1) is 12.9. The molecule has 144 valence electrons. The van der Waals surface area contributed by atoms with E-state index in [2.05, 4.69) is 16.9 Å². The van der Waals surface area contributed by atoms with E-state index < -0.39 is 10.0 Å². The maximum absolute atomic E-state index is 12.2. The summed E-state index contributed by atoms with van der Waals surface area (Å²) in [4.78, 5) is 14.1. The molecule has 0 heterocycles. The van der Waals surface area contributed by atoms with E-state index >= 15 is 0 Å². The fourth-order valence-electron chi connectivity index (χ4n) is 2.60. The van der Waals surface area contributed by atoms with Gasteiger partial charge >= 0.3 is 0 Å². The quantitative estimate of drug-likeness (QED) is 0.674. The van der Waals surface area contributed by atoms with Gasteiger partial charge < -0.3 is 4.90 Å². The van der Waals surface area contributed by atoms with Crippen LogP contribution >= 0.6 is 0 Å². The Morgan fingerprint density at radius 2 is 1.74 bits per heavy atom. The Bertz CT molecular complexity index is 860. The van der Waals surface area contributed by atoms with Crippen LogP contribution in [0.15, 0.2) is 65.6 Å². The van der Waals surface area contributed by atoms with Crippen molar-refractivity contribution in [1.82, 2.24) is 9.62 Å². The SMILES string of the molecule is CCNS(=O)(=O)c1ccc(C=CC(=O)N(C)CCCc2ccccc2)cc1. The smallest absolute Gasteiger partial charge is 0.246 e. The van der Waals surface area contributed by atoms with Crippen LogP contribution in [0.25, 0.3) is 6.08 Å². The zero-order chi connectivity index (χ0) is 19.7. The Balaban J connectivity index is 1.86. The number of nitrogens with one attached hydrogen (secondary N) is 1. The van der Waals surface area contributed by atoms with Crippen molar-refractivity contribution in [3.8, 4) is 0 Å². The molecule has 0 saturated heterocycles. The lowest BCUT2D eigenvalue weighted by molar-refractivity contribution is -0.124. The van der Waals surface area contributed by atoms with Gasteiger partial charge in [-0.25, -0.2) is 13.1 Å². The second-order valence-corrected chi connectivity index (χ2v) is 8.02. The van der Waals surface area contributed by atoms with E-state index in [0.717, 1.165) is 18.4 Å². The number of likely N-dealkylation sites (N-methyl/N-ethyl adjacent to an activating group) is 1. The summed E-state index contributed by atoms with van der Waals surface area (Å²) in [7, 11) is -1.67. The van der Waals surface area contributed by atoms with Crippen molar-refractivity contribution < 1.29 is 13.2 Å². The first-order valence-electron chi connectivity index (χ1n) is 8.99. The highest BCUT2D eigenvalue weighted by Gasteiger charge is 2.11. The fourth-order valence-corrected chi connectivity index (χ4v) is 3.64. The van der Waals surface area contributed by atoms with E-state index in [1.54, 1.807) is 37.1 Å². The molecule has 0 radical (unpaired) electrons. The van der Waals surface area contributed by atoms with E-state index in [9.17, 15) is 13.2 Å². The molecule has 0 unspecified atom stereocenters. The van der Waals surface area contributed by atoms with E-state index in [1.165, 1.54) is 23.8 Å². The molecule has 2 rings (SSSR count). The van der Waals surface area contributed by atoms with Crippen molar-refractivity contribution in [1.29, 1.82) is 0 Å². The van der Waals surface area contributed by atoms with Crippen LogP contribution in [0.5, 0.6) is 0 Å². The lowest BCUT2D eigenvalue weighted by Crippen LogP contribution is -2.26. The van der Waals surface area contributed by atoms with Gasteiger partial charge in [0.1, 0.15) is 0 Å². The molecule has 27 heavy (non-hydrogen) atoms. The number of amides is 1. The molecule has 0 aromatic heterocycles. The number of nitrogens with zero attached hydrogens (tertiary/aromatic N) is 1. The number of hydrogen-bond donors (Lipinski definition) is 1. The number of rotatable bonds is 9. The molecule has 1 N–H and O–H groups in total. The van der Waals surface area contributed by atoms with Crippen LogP contribution in [-0.2, 0) is 21.2 Å². The summed E-state index contributed by atoms with van der Waals surface area (Å²) in [5.41, 5.74) is 2.04. The largest absolute Gasteiger partial charge is 0.342 e. The van der Waals surface area contributed by atoms with Crippen molar-refractivity contribution in [3.05, 3.63) is 71.8 Å². The van der Waals surface area contributed by atoms with Crippen LogP contribution in [0.2, 0.25) is 0 Å². The van der Waals surface area contributed by atoms with Crippen molar-refractivity contribution in [2.75, 3.05) is 20.1 Å². The van der Waals surface area contributed by atoms with Crippen molar-refractivity contribution in [2.45, 2.75) is 24.7 Å². The molecule has 2 aromatic rings. The highest BCUT2D eigenvalue weighted by Crippen LogP contribution is 2.12. The maximum Gasteiger partial charge on any atom is 0.246 e. The first kappa shape index (κ1) is 20.9. The molecule has 0 aliphatic rings. The third-order valence-electron chi connectivity index (χ3n) is 4.12. The molecule has 0 aliphatic carbocycles. The van der Waals surface area contributed by atoms with Crippen molar-refractivity contribution >= 4 is 22.0 Å². The fraction of sp³-hybridized carbons (Fsp3) is 0.286. The summed E-state index contributed by atoms with van der Waals surface area (Å²) in [6.45, 7) is 2.75. The molecule has 0 atom stereocenters. The molecular weight excluding hydrogens is 360 g/mol. The Morgan fingerprint density at radius 3 is 2.37 bits per heavy atom.